The third-order valence-electron chi connectivity index (χ3n) is 4.72. The second kappa shape index (κ2) is 11.0. The Balaban J connectivity index is 1.43. The maximum atomic E-state index is 10.5. The molecule has 0 saturated heterocycles. The van der Waals surface area contributed by atoms with Crippen molar-refractivity contribution in [3.8, 4) is 5.75 Å². The van der Waals surface area contributed by atoms with Gasteiger partial charge in [-0.2, -0.15) is 0 Å². The van der Waals surface area contributed by atoms with Crippen LogP contribution in [0.15, 0.2) is 60.8 Å². The summed E-state index contributed by atoms with van der Waals surface area (Å²) in [5, 5.41) is 20.4. The molecule has 0 unspecified atom stereocenters. The molecule has 1 heterocycles. The summed E-state index contributed by atoms with van der Waals surface area (Å²) in [5.41, 5.74) is 2.31. The highest BCUT2D eigenvalue weighted by Crippen LogP contribution is 2.16. The number of rotatable bonds is 12. The van der Waals surface area contributed by atoms with Crippen LogP contribution in [0.2, 0.25) is 0 Å². The van der Waals surface area contributed by atoms with Gasteiger partial charge in [-0.3, -0.25) is 4.90 Å². The molecule has 0 saturated carbocycles. The van der Waals surface area contributed by atoms with E-state index >= 15 is 0 Å². The fourth-order valence-corrected chi connectivity index (χ4v) is 3.40. The summed E-state index contributed by atoms with van der Waals surface area (Å²) in [5.74, 6) is 0.795. The predicted octanol–water partition coefficient (Wildman–Crippen LogP) is 2.52. The summed E-state index contributed by atoms with van der Waals surface area (Å²) < 4.78 is 12.9. The summed E-state index contributed by atoms with van der Waals surface area (Å²) >= 11 is 0. The van der Waals surface area contributed by atoms with Crippen molar-refractivity contribution in [3.05, 3.63) is 66.4 Å². The zero-order valence-corrected chi connectivity index (χ0v) is 16.9. The zero-order chi connectivity index (χ0) is 20.5. The summed E-state index contributed by atoms with van der Waals surface area (Å²) in [4.78, 5) is 2.12. The summed E-state index contributed by atoms with van der Waals surface area (Å²) in [6.45, 7) is 3.19. The lowest BCUT2D eigenvalue weighted by atomic mass is 10.2. The lowest BCUT2D eigenvalue weighted by molar-refractivity contribution is 0.0705. The Morgan fingerprint density at radius 1 is 1.00 bits per heavy atom. The molecule has 3 rings (SSSR count). The Kier molecular flexibility index (Phi) is 8.07. The van der Waals surface area contributed by atoms with Gasteiger partial charge < -0.3 is 24.3 Å². The fraction of sp³-hybridized carbons (Fsp3) is 0.391. The molecule has 0 amide bonds. The molecule has 2 N–H and O–H groups in total. The second-order valence-electron chi connectivity index (χ2n) is 7.21. The summed E-state index contributed by atoms with van der Waals surface area (Å²) in [6, 6.07) is 18.2. The highest BCUT2D eigenvalue weighted by Gasteiger charge is 2.11. The highest BCUT2D eigenvalue weighted by molar-refractivity contribution is 5.79. The van der Waals surface area contributed by atoms with E-state index in [4.69, 9.17) is 14.6 Å². The van der Waals surface area contributed by atoms with E-state index < -0.39 is 6.10 Å². The number of aliphatic hydroxyl groups excluding tert-OH is 2. The third kappa shape index (κ3) is 6.58. The van der Waals surface area contributed by atoms with E-state index in [9.17, 15) is 5.11 Å². The first-order valence-corrected chi connectivity index (χ1v) is 9.96. The minimum atomic E-state index is -0.447. The molecule has 1 atom stereocenters. The molecule has 0 radical (unpaired) electrons. The van der Waals surface area contributed by atoms with E-state index in [1.807, 2.05) is 49.6 Å². The van der Waals surface area contributed by atoms with Crippen molar-refractivity contribution in [2.75, 3.05) is 40.0 Å². The average molecular weight is 399 g/mol. The quantitative estimate of drug-likeness (QED) is 0.459. The Labute approximate surface area is 171 Å². The SMILES string of the molecule is CN(Cc1ccc(OCCOCCO)cc1)C[C@H](O)Cn1ccc2ccccc21. The number of hydrogen-bond donors (Lipinski definition) is 2. The number of aromatic nitrogens is 1. The van der Waals surface area contributed by atoms with Gasteiger partial charge >= 0.3 is 0 Å². The van der Waals surface area contributed by atoms with Crippen molar-refractivity contribution >= 4 is 10.9 Å². The van der Waals surface area contributed by atoms with Gasteiger partial charge in [-0.05, 0) is 42.3 Å². The molecule has 0 fully saturated rings. The van der Waals surface area contributed by atoms with Crippen LogP contribution in [0.3, 0.4) is 0 Å². The molecule has 1 aromatic heterocycles. The number of para-hydroxylation sites is 1. The minimum absolute atomic E-state index is 0.0267. The molecule has 0 spiro atoms. The van der Waals surface area contributed by atoms with Gasteiger partial charge in [0.15, 0.2) is 0 Å². The number of hydrogen-bond acceptors (Lipinski definition) is 5. The van der Waals surface area contributed by atoms with Crippen LogP contribution in [0.4, 0.5) is 0 Å². The van der Waals surface area contributed by atoms with Crippen molar-refractivity contribution < 1.29 is 19.7 Å². The van der Waals surface area contributed by atoms with E-state index in [1.54, 1.807) is 0 Å². The molecule has 6 nitrogen and oxygen atoms in total. The van der Waals surface area contributed by atoms with E-state index in [0.717, 1.165) is 23.4 Å². The van der Waals surface area contributed by atoms with Gasteiger partial charge in [0.2, 0.25) is 0 Å². The summed E-state index contributed by atoms with van der Waals surface area (Å²) in [6.07, 6.45) is 1.58. The first-order chi connectivity index (χ1) is 14.2. The number of likely N-dealkylation sites (N-methyl/N-ethyl adjacent to an activating group) is 1. The van der Waals surface area contributed by atoms with Crippen LogP contribution >= 0.6 is 0 Å². The van der Waals surface area contributed by atoms with Crippen molar-refractivity contribution in [3.63, 3.8) is 0 Å². The van der Waals surface area contributed by atoms with E-state index in [-0.39, 0.29) is 6.61 Å². The highest BCUT2D eigenvalue weighted by atomic mass is 16.5. The largest absolute Gasteiger partial charge is 0.491 e. The van der Waals surface area contributed by atoms with Gasteiger partial charge in [-0.1, -0.05) is 30.3 Å². The van der Waals surface area contributed by atoms with Gasteiger partial charge in [0, 0.05) is 31.3 Å². The number of ether oxygens (including phenoxy) is 2. The number of fused-ring (bicyclic) bond motifs is 1. The lowest BCUT2D eigenvalue weighted by Gasteiger charge is -2.21. The standard InChI is InChI=1S/C23H30N2O4/c1-24(16-19-6-8-22(9-7-19)29-15-14-28-13-12-26)17-21(27)18-25-11-10-20-4-2-3-5-23(20)25/h2-11,21,26-27H,12-18H2,1H3/t21-/m0/s1. The zero-order valence-electron chi connectivity index (χ0n) is 16.9. The molecular weight excluding hydrogens is 368 g/mol. The normalized spacial score (nSPS) is 12.6. The first-order valence-electron chi connectivity index (χ1n) is 9.96. The maximum Gasteiger partial charge on any atom is 0.119 e. The van der Waals surface area contributed by atoms with Crippen molar-refractivity contribution in [2.45, 2.75) is 19.2 Å². The molecule has 6 heteroatoms. The van der Waals surface area contributed by atoms with Crippen molar-refractivity contribution in [1.29, 1.82) is 0 Å². The maximum absolute atomic E-state index is 10.5. The van der Waals surface area contributed by atoms with Gasteiger partial charge in [-0.25, -0.2) is 0 Å². The Morgan fingerprint density at radius 3 is 2.59 bits per heavy atom. The third-order valence-corrected chi connectivity index (χ3v) is 4.72. The van der Waals surface area contributed by atoms with Crippen LogP contribution in [-0.2, 0) is 17.8 Å². The van der Waals surface area contributed by atoms with Gasteiger partial charge in [0.1, 0.15) is 12.4 Å². The summed E-state index contributed by atoms with van der Waals surface area (Å²) in [7, 11) is 2.01. The van der Waals surface area contributed by atoms with Gasteiger partial charge in [0.05, 0.1) is 25.9 Å². The molecule has 156 valence electrons. The molecule has 2 aromatic carbocycles. The van der Waals surface area contributed by atoms with Crippen molar-refractivity contribution in [1.82, 2.24) is 9.47 Å². The molecule has 0 aliphatic heterocycles. The van der Waals surface area contributed by atoms with Crippen LogP contribution in [0.5, 0.6) is 5.75 Å². The second-order valence-corrected chi connectivity index (χ2v) is 7.21. The fourth-order valence-electron chi connectivity index (χ4n) is 3.40. The Hall–Kier alpha value is -2.38. The van der Waals surface area contributed by atoms with Crippen LogP contribution in [0.25, 0.3) is 10.9 Å². The van der Waals surface area contributed by atoms with Crippen LogP contribution in [0, 0.1) is 0 Å². The average Bonchev–Trinajstić information content (AvgIpc) is 3.12. The molecule has 0 aliphatic carbocycles. The number of nitrogens with zero attached hydrogens (tertiary/aromatic N) is 2. The molecule has 3 aromatic rings. The van der Waals surface area contributed by atoms with E-state index in [2.05, 4.69) is 27.7 Å². The number of benzene rings is 2. The van der Waals surface area contributed by atoms with E-state index in [0.29, 0.717) is 32.9 Å². The van der Waals surface area contributed by atoms with Crippen LogP contribution < -0.4 is 4.74 Å². The van der Waals surface area contributed by atoms with Crippen LogP contribution in [0.1, 0.15) is 5.56 Å². The molecular formula is C23H30N2O4. The van der Waals surface area contributed by atoms with Gasteiger partial charge in [0.25, 0.3) is 0 Å². The topological polar surface area (TPSA) is 67.1 Å². The van der Waals surface area contributed by atoms with Crippen molar-refractivity contribution in [2.24, 2.45) is 0 Å². The number of aliphatic hydroxyl groups is 2. The monoisotopic (exact) mass is 398 g/mol. The van der Waals surface area contributed by atoms with Crippen LogP contribution in [-0.4, -0.2) is 65.8 Å². The van der Waals surface area contributed by atoms with Gasteiger partial charge in [-0.15, -0.1) is 0 Å². The first kappa shape index (κ1) is 21.3. The molecule has 29 heavy (non-hydrogen) atoms. The Bertz CT molecular complexity index is 863. The van der Waals surface area contributed by atoms with E-state index in [1.165, 1.54) is 5.39 Å². The molecule has 0 bridgehead atoms. The lowest BCUT2D eigenvalue weighted by Crippen LogP contribution is -2.31. The smallest absolute Gasteiger partial charge is 0.119 e. The predicted molar refractivity (Wildman–Crippen MR) is 114 cm³/mol. The minimum Gasteiger partial charge on any atom is -0.491 e. The Morgan fingerprint density at radius 2 is 1.79 bits per heavy atom. The molecule has 0 aliphatic rings.